The molecule has 0 unspecified atom stereocenters. The van der Waals surface area contributed by atoms with E-state index in [4.69, 9.17) is 5.73 Å². The molecule has 0 heterocycles. The minimum Gasteiger partial charge on any atom is -0.356 e. The second kappa shape index (κ2) is 6.83. The van der Waals surface area contributed by atoms with Crippen LogP contribution in [0.4, 0.5) is 0 Å². The number of nitrogens with two attached hydrogens (primary N) is 1. The molecule has 15 heavy (non-hydrogen) atoms. The lowest BCUT2D eigenvalue weighted by Gasteiger charge is -2.26. The third-order valence-corrected chi connectivity index (χ3v) is 2.92. The molecule has 0 radical (unpaired) electrons. The van der Waals surface area contributed by atoms with Gasteiger partial charge in [0.25, 0.3) is 0 Å². The molecule has 0 aliphatic heterocycles. The fraction of sp³-hybridized carbons (Fsp3) is 0.917. The second-order valence-corrected chi connectivity index (χ2v) is 5.32. The zero-order chi connectivity index (χ0) is 11.9. The Morgan fingerprint density at radius 3 is 2.40 bits per heavy atom. The summed E-state index contributed by atoms with van der Waals surface area (Å²) in [5.74, 6) is 0.571. The summed E-state index contributed by atoms with van der Waals surface area (Å²) in [6.07, 6.45) is 2.58. The van der Waals surface area contributed by atoms with Crippen molar-refractivity contribution in [1.82, 2.24) is 5.32 Å². The molecule has 0 aromatic heterocycles. The van der Waals surface area contributed by atoms with E-state index in [0.717, 1.165) is 19.4 Å². The van der Waals surface area contributed by atoms with E-state index in [1.165, 1.54) is 0 Å². The lowest BCUT2D eigenvalue weighted by atomic mass is 9.80. The minimum atomic E-state index is 0.162. The van der Waals surface area contributed by atoms with Gasteiger partial charge >= 0.3 is 0 Å². The van der Waals surface area contributed by atoms with Crippen LogP contribution < -0.4 is 11.1 Å². The maximum absolute atomic E-state index is 11.5. The Hall–Kier alpha value is -0.570. The van der Waals surface area contributed by atoms with Crippen LogP contribution >= 0.6 is 0 Å². The van der Waals surface area contributed by atoms with Crippen LogP contribution in [0.15, 0.2) is 0 Å². The first-order valence-electron chi connectivity index (χ1n) is 5.84. The first kappa shape index (κ1) is 14.4. The fourth-order valence-electron chi connectivity index (χ4n) is 1.15. The summed E-state index contributed by atoms with van der Waals surface area (Å²) >= 11 is 0. The maximum atomic E-state index is 11.5. The Balaban J connectivity index is 3.65. The van der Waals surface area contributed by atoms with Crippen LogP contribution in [0.3, 0.4) is 0 Å². The molecule has 0 aromatic carbocycles. The van der Waals surface area contributed by atoms with Gasteiger partial charge in [-0.3, -0.25) is 4.79 Å². The van der Waals surface area contributed by atoms with Crippen LogP contribution in [0.1, 0.15) is 47.0 Å². The topological polar surface area (TPSA) is 55.1 Å². The number of nitrogens with one attached hydrogen (secondary N) is 1. The van der Waals surface area contributed by atoms with E-state index < -0.39 is 0 Å². The van der Waals surface area contributed by atoms with Gasteiger partial charge in [-0.05, 0) is 30.7 Å². The molecule has 0 rings (SSSR count). The van der Waals surface area contributed by atoms with Crippen molar-refractivity contribution in [3.63, 3.8) is 0 Å². The second-order valence-electron chi connectivity index (χ2n) is 5.32. The van der Waals surface area contributed by atoms with Gasteiger partial charge in [0.05, 0.1) is 0 Å². The minimum absolute atomic E-state index is 0.162. The Kier molecular flexibility index (Phi) is 6.57. The summed E-state index contributed by atoms with van der Waals surface area (Å²) in [7, 11) is 0. The molecule has 0 aromatic rings. The largest absolute Gasteiger partial charge is 0.356 e. The number of rotatable bonds is 6. The quantitative estimate of drug-likeness (QED) is 0.664. The molecule has 0 aliphatic rings. The summed E-state index contributed by atoms with van der Waals surface area (Å²) in [4.78, 5) is 11.5. The first-order chi connectivity index (χ1) is 6.88. The molecule has 3 N–H and O–H groups in total. The van der Waals surface area contributed by atoms with Crippen molar-refractivity contribution in [2.24, 2.45) is 17.1 Å². The van der Waals surface area contributed by atoms with Gasteiger partial charge in [0.2, 0.25) is 5.91 Å². The summed E-state index contributed by atoms with van der Waals surface area (Å²) < 4.78 is 0. The Morgan fingerprint density at radius 1 is 1.33 bits per heavy atom. The average Bonchev–Trinajstić information content (AvgIpc) is 2.11. The molecular weight excluding hydrogens is 188 g/mol. The van der Waals surface area contributed by atoms with Gasteiger partial charge in [0, 0.05) is 13.0 Å². The highest BCUT2D eigenvalue weighted by atomic mass is 16.1. The van der Waals surface area contributed by atoms with Crippen LogP contribution in [-0.2, 0) is 4.79 Å². The molecule has 0 saturated carbocycles. The van der Waals surface area contributed by atoms with E-state index in [9.17, 15) is 4.79 Å². The fourth-order valence-corrected chi connectivity index (χ4v) is 1.15. The molecule has 0 aliphatic carbocycles. The predicted octanol–water partition coefficient (Wildman–Crippen LogP) is 1.91. The van der Waals surface area contributed by atoms with E-state index in [-0.39, 0.29) is 11.3 Å². The van der Waals surface area contributed by atoms with E-state index in [2.05, 4.69) is 33.0 Å². The third kappa shape index (κ3) is 7.37. The highest BCUT2D eigenvalue weighted by Crippen LogP contribution is 2.27. The Morgan fingerprint density at radius 2 is 1.93 bits per heavy atom. The molecule has 0 fully saturated rings. The molecule has 1 amide bonds. The van der Waals surface area contributed by atoms with E-state index in [1.54, 1.807) is 0 Å². The molecule has 1 atom stereocenters. The molecule has 90 valence electrons. The van der Waals surface area contributed by atoms with Crippen LogP contribution in [0, 0.1) is 11.3 Å². The van der Waals surface area contributed by atoms with Crippen molar-refractivity contribution in [2.75, 3.05) is 13.1 Å². The first-order valence-corrected chi connectivity index (χ1v) is 5.84. The Labute approximate surface area is 93.8 Å². The zero-order valence-corrected chi connectivity index (χ0v) is 10.6. The van der Waals surface area contributed by atoms with Gasteiger partial charge < -0.3 is 11.1 Å². The standard InChI is InChI=1S/C12H26N2O/c1-10(12(2,3)4)9-11(15)14-8-6-5-7-13/h10H,5-9,13H2,1-4H3,(H,14,15)/t10-/m0/s1. The predicted molar refractivity (Wildman–Crippen MR) is 64.5 cm³/mol. The number of amides is 1. The molecule has 3 nitrogen and oxygen atoms in total. The molecule has 0 spiro atoms. The molecule has 0 bridgehead atoms. The molecule has 0 saturated heterocycles. The van der Waals surface area contributed by atoms with E-state index in [1.807, 2.05) is 0 Å². The zero-order valence-electron chi connectivity index (χ0n) is 10.6. The van der Waals surface area contributed by atoms with Gasteiger partial charge in [-0.25, -0.2) is 0 Å². The van der Waals surface area contributed by atoms with Gasteiger partial charge in [-0.15, -0.1) is 0 Å². The summed E-state index contributed by atoms with van der Waals surface area (Å²) in [5, 5.41) is 2.93. The highest BCUT2D eigenvalue weighted by Gasteiger charge is 2.22. The average molecular weight is 214 g/mol. The molecule has 3 heteroatoms. The van der Waals surface area contributed by atoms with Crippen LogP contribution in [0.2, 0.25) is 0 Å². The normalized spacial score (nSPS) is 13.7. The van der Waals surface area contributed by atoms with Crippen molar-refractivity contribution < 1.29 is 4.79 Å². The van der Waals surface area contributed by atoms with E-state index in [0.29, 0.717) is 18.9 Å². The number of carbonyl (C=O) groups excluding carboxylic acids is 1. The van der Waals surface area contributed by atoms with Crippen molar-refractivity contribution in [2.45, 2.75) is 47.0 Å². The Bertz CT molecular complexity index is 185. The van der Waals surface area contributed by atoms with Crippen LogP contribution in [0.5, 0.6) is 0 Å². The monoisotopic (exact) mass is 214 g/mol. The van der Waals surface area contributed by atoms with Crippen molar-refractivity contribution in [3.8, 4) is 0 Å². The lowest BCUT2D eigenvalue weighted by Crippen LogP contribution is -2.29. The smallest absolute Gasteiger partial charge is 0.220 e. The van der Waals surface area contributed by atoms with Crippen LogP contribution in [-0.4, -0.2) is 19.0 Å². The van der Waals surface area contributed by atoms with E-state index >= 15 is 0 Å². The van der Waals surface area contributed by atoms with Gasteiger partial charge in [0.1, 0.15) is 0 Å². The van der Waals surface area contributed by atoms with Gasteiger partial charge in [0.15, 0.2) is 0 Å². The van der Waals surface area contributed by atoms with Gasteiger partial charge in [-0.2, -0.15) is 0 Å². The number of carbonyl (C=O) groups is 1. The molecular formula is C12H26N2O. The number of hydrogen-bond acceptors (Lipinski definition) is 2. The summed E-state index contributed by atoms with van der Waals surface area (Å²) in [6, 6.07) is 0. The summed E-state index contributed by atoms with van der Waals surface area (Å²) in [5.41, 5.74) is 5.57. The van der Waals surface area contributed by atoms with Crippen LogP contribution in [0.25, 0.3) is 0 Å². The van der Waals surface area contributed by atoms with Crippen molar-refractivity contribution in [1.29, 1.82) is 0 Å². The van der Waals surface area contributed by atoms with Crippen molar-refractivity contribution >= 4 is 5.91 Å². The highest BCUT2D eigenvalue weighted by molar-refractivity contribution is 5.76. The third-order valence-electron chi connectivity index (χ3n) is 2.92. The van der Waals surface area contributed by atoms with Crippen molar-refractivity contribution in [3.05, 3.63) is 0 Å². The summed E-state index contributed by atoms with van der Waals surface area (Å²) in [6.45, 7) is 10.1. The lowest BCUT2D eigenvalue weighted by molar-refractivity contribution is -0.122. The van der Waals surface area contributed by atoms with Gasteiger partial charge in [-0.1, -0.05) is 27.7 Å². The maximum Gasteiger partial charge on any atom is 0.220 e. The SMILES string of the molecule is C[C@@H](CC(=O)NCCCCN)C(C)(C)C. The number of hydrogen-bond donors (Lipinski definition) is 2. The number of unbranched alkanes of at least 4 members (excludes halogenated alkanes) is 1.